The fourth-order valence-electron chi connectivity index (χ4n) is 5.31. The van der Waals surface area contributed by atoms with E-state index in [4.69, 9.17) is 0 Å². The number of rotatable bonds is 0. The molecule has 0 spiro atoms. The van der Waals surface area contributed by atoms with Gasteiger partial charge in [0.05, 0.1) is 5.60 Å². The van der Waals surface area contributed by atoms with Crippen molar-refractivity contribution in [1.29, 1.82) is 0 Å². The molecule has 0 aromatic heterocycles. The third-order valence-electron chi connectivity index (χ3n) is 5.72. The summed E-state index contributed by atoms with van der Waals surface area (Å²) in [7, 11) is 0. The molecule has 2 nitrogen and oxygen atoms in total. The fraction of sp³-hybridized carbons (Fsp3) is 0.857. The van der Waals surface area contributed by atoms with Crippen molar-refractivity contribution in [2.45, 2.75) is 57.2 Å². The molecule has 0 radical (unpaired) electrons. The minimum atomic E-state index is -0.894. The molecule has 2 bridgehead atoms. The molecule has 3 fully saturated rings. The highest BCUT2D eigenvalue weighted by atomic mass is 16.4. The van der Waals surface area contributed by atoms with Gasteiger partial charge in [0.2, 0.25) is 0 Å². The number of hydrogen-bond donors (Lipinski definition) is 2. The van der Waals surface area contributed by atoms with Gasteiger partial charge in [-0.05, 0) is 43.4 Å². The lowest BCUT2D eigenvalue weighted by Crippen LogP contribution is -2.51. The molecule has 0 aromatic rings. The van der Waals surface area contributed by atoms with Gasteiger partial charge in [0.25, 0.3) is 0 Å². The van der Waals surface area contributed by atoms with Crippen molar-refractivity contribution in [2.75, 3.05) is 0 Å². The van der Waals surface area contributed by atoms with Gasteiger partial charge in [0.15, 0.2) is 0 Å². The zero-order chi connectivity index (χ0) is 11.8. The summed E-state index contributed by atoms with van der Waals surface area (Å²) in [4.78, 5) is 0. The quantitative estimate of drug-likeness (QED) is 0.617. The molecule has 3 saturated carbocycles. The maximum absolute atomic E-state index is 11.0. The monoisotopic (exact) mass is 222 g/mol. The lowest BCUT2D eigenvalue weighted by atomic mass is 9.63. The van der Waals surface area contributed by atoms with Crippen LogP contribution < -0.4 is 0 Å². The standard InChI is InChI=1S/C14H22O2/c1-9-5-6-10-12(2,3)11(9)14(16)8-4-7-13(10,14)15/h10-11,15-16H,1,4-8H2,2-3H3. The van der Waals surface area contributed by atoms with Gasteiger partial charge in [-0.3, -0.25) is 0 Å². The molecule has 90 valence electrons. The van der Waals surface area contributed by atoms with Gasteiger partial charge < -0.3 is 10.2 Å². The molecule has 0 aliphatic heterocycles. The van der Waals surface area contributed by atoms with Gasteiger partial charge >= 0.3 is 0 Å². The Bertz CT molecular complexity index is 360. The predicted octanol–water partition coefficient (Wildman–Crippen LogP) is 2.25. The van der Waals surface area contributed by atoms with Gasteiger partial charge in [-0.2, -0.15) is 0 Å². The van der Waals surface area contributed by atoms with E-state index in [0.29, 0.717) is 0 Å². The first-order valence-corrected chi connectivity index (χ1v) is 6.46. The molecule has 0 saturated heterocycles. The van der Waals surface area contributed by atoms with Crippen LogP contribution in [-0.2, 0) is 0 Å². The molecule has 3 aliphatic rings. The molecule has 16 heavy (non-hydrogen) atoms. The summed E-state index contributed by atoms with van der Waals surface area (Å²) >= 11 is 0. The van der Waals surface area contributed by atoms with Crippen molar-refractivity contribution >= 4 is 0 Å². The van der Waals surface area contributed by atoms with E-state index < -0.39 is 11.2 Å². The van der Waals surface area contributed by atoms with Crippen molar-refractivity contribution in [2.24, 2.45) is 17.3 Å². The summed E-state index contributed by atoms with van der Waals surface area (Å²) in [5.74, 6) is 0.328. The van der Waals surface area contributed by atoms with Gasteiger partial charge in [-0.1, -0.05) is 26.0 Å². The second kappa shape index (κ2) is 2.73. The molecule has 4 atom stereocenters. The summed E-state index contributed by atoms with van der Waals surface area (Å²) in [6, 6.07) is 0. The highest BCUT2D eigenvalue weighted by molar-refractivity contribution is 5.32. The van der Waals surface area contributed by atoms with Crippen molar-refractivity contribution < 1.29 is 10.2 Å². The maximum atomic E-state index is 11.0. The van der Waals surface area contributed by atoms with E-state index in [1.807, 2.05) is 0 Å². The highest BCUT2D eigenvalue weighted by Gasteiger charge is 2.74. The van der Waals surface area contributed by atoms with Crippen LogP contribution >= 0.6 is 0 Å². The van der Waals surface area contributed by atoms with E-state index in [9.17, 15) is 10.2 Å². The van der Waals surface area contributed by atoms with Crippen LogP contribution in [0.2, 0.25) is 0 Å². The van der Waals surface area contributed by atoms with Crippen LogP contribution in [0.1, 0.15) is 46.0 Å². The molecule has 3 rings (SSSR count). The molecule has 0 heterocycles. The molecule has 2 N–H and O–H groups in total. The Balaban J connectivity index is 2.20. The van der Waals surface area contributed by atoms with Crippen molar-refractivity contribution in [3.63, 3.8) is 0 Å². The SMILES string of the molecule is C=C1CCC2C(C)(C)C1C1(O)CCCC21O. The molecule has 4 unspecified atom stereocenters. The predicted molar refractivity (Wildman–Crippen MR) is 62.9 cm³/mol. The fourth-order valence-corrected chi connectivity index (χ4v) is 5.31. The van der Waals surface area contributed by atoms with E-state index in [2.05, 4.69) is 20.4 Å². The normalized spacial score (nSPS) is 54.1. The second-order valence-electron chi connectivity index (χ2n) is 6.71. The number of fused-ring (bicyclic) bond motifs is 5. The zero-order valence-corrected chi connectivity index (χ0v) is 10.3. The summed E-state index contributed by atoms with van der Waals surface area (Å²) in [5, 5.41) is 21.9. The highest BCUT2D eigenvalue weighted by Crippen LogP contribution is 2.69. The van der Waals surface area contributed by atoms with Gasteiger partial charge in [-0.25, -0.2) is 0 Å². The average Bonchev–Trinajstić information content (AvgIpc) is 2.44. The van der Waals surface area contributed by atoms with Crippen LogP contribution in [0.5, 0.6) is 0 Å². The van der Waals surface area contributed by atoms with Crippen molar-refractivity contribution in [3.8, 4) is 0 Å². The Morgan fingerprint density at radius 1 is 1.19 bits per heavy atom. The van der Waals surface area contributed by atoms with Crippen LogP contribution in [0.25, 0.3) is 0 Å². The minimum Gasteiger partial charge on any atom is -0.387 e. The Morgan fingerprint density at radius 3 is 2.50 bits per heavy atom. The minimum absolute atomic E-state index is 0.000741. The Labute approximate surface area is 97.4 Å². The van der Waals surface area contributed by atoms with Crippen LogP contribution in [0, 0.1) is 17.3 Å². The largest absolute Gasteiger partial charge is 0.387 e. The van der Waals surface area contributed by atoms with Gasteiger partial charge in [0, 0.05) is 5.92 Å². The van der Waals surface area contributed by atoms with E-state index in [-0.39, 0.29) is 17.3 Å². The lowest BCUT2D eigenvalue weighted by Gasteiger charge is -2.42. The zero-order valence-electron chi connectivity index (χ0n) is 10.3. The summed E-state index contributed by atoms with van der Waals surface area (Å²) in [6.07, 6.45) is 4.42. The summed E-state index contributed by atoms with van der Waals surface area (Å²) in [6.45, 7) is 8.55. The Kier molecular flexibility index (Phi) is 1.84. The molecular weight excluding hydrogens is 200 g/mol. The Hall–Kier alpha value is -0.340. The molecule has 3 aliphatic carbocycles. The average molecular weight is 222 g/mol. The second-order valence-corrected chi connectivity index (χ2v) is 6.71. The van der Waals surface area contributed by atoms with E-state index in [1.165, 1.54) is 0 Å². The molecule has 0 amide bonds. The van der Waals surface area contributed by atoms with Crippen molar-refractivity contribution in [1.82, 2.24) is 0 Å². The van der Waals surface area contributed by atoms with Crippen molar-refractivity contribution in [3.05, 3.63) is 12.2 Å². The van der Waals surface area contributed by atoms with Gasteiger partial charge in [-0.15, -0.1) is 0 Å². The first-order valence-electron chi connectivity index (χ1n) is 6.46. The van der Waals surface area contributed by atoms with Gasteiger partial charge in [0.1, 0.15) is 5.60 Å². The third kappa shape index (κ3) is 0.888. The third-order valence-corrected chi connectivity index (χ3v) is 5.72. The lowest BCUT2D eigenvalue weighted by molar-refractivity contribution is -0.136. The van der Waals surface area contributed by atoms with E-state index in [0.717, 1.165) is 37.7 Å². The molecule has 2 heteroatoms. The molecule has 0 aromatic carbocycles. The summed E-state index contributed by atoms with van der Waals surface area (Å²) < 4.78 is 0. The first-order chi connectivity index (χ1) is 7.34. The van der Waals surface area contributed by atoms with E-state index in [1.54, 1.807) is 0 Å². The smallest absolute Gasteiger partial charge is 0.101 e. The van der Waals surface area contributed by atoms with Crippen LogP contribution in [-0.4, -0.2) is 21.4 Å². The van der Waals surface area contributed by atoms with Crippen LogP contribution in [0.3, 0.4) is 0 Å². The topological polar surface area (TPSA) is 40.5 Å². The number of aliphatic hydroxyl groups is 2. The van der Waals surface area contributed by atoms with Crippen LogP contribution in [0.15, 0.2) is 12.2 Å². The maximum Gasteiger partial charge on any atom is 0.101 e. The van der Waals surface area contributed by atoms with E-state index >= 15 is 0 Å². The van der Waals surface area contributed by atoms with Crippen LogP contribution in [0.4, 0.5) is 0 Å². The molecular formula is C14H22O2. The Morgan fingerprint density at radius 2 is 1.81 bits per heavy atom. The summed E-state index contributed by atoms with van der Waals surface area (Å²) in [5.41, 5.74) is -0.587. The number of hydrogen-bond acceptors (Lipinski definition) is 2. The first kappa shape index (κ1) is 10.8.